The summed E-state index contributed by atoms with van der Waals surface area (Å²) in [5, 5.41) is 2.80. The smallest absolute Gasteiger partial charge is 0.234 e. The lowest BCUT2D eigenvalue weighted by Crippen LogP contribution is -2.47. The summed E-state index contributed by atoms with van der Waals surface area (Å²) in [7, 11) is -3.16. The van der Waals surface area contributed by atoms with Gasteiger partial charge < -0.3 is 9.73 Å². The number of rotatable bonds is 6. The molecule has 7 nitrogen and oxygen atoms in total. The van der Waals surface area contributed by atoms with Gasteiger partial charge in [-0.2, -0.15) is 0 Å². The molecule has 2 heterocycles. The van der Waals surface area contributed by atoms with E-state index >= 15 is 0 Å². The highest BCUT2D eigenvalue weighted by Gasteiger charge is 2.22. The van der Waals surface area contributed by atoms with Crippen molar-refractivity contribution in [2.75, 3.05) is 25.9 Å². The maximum Gasteiger partial charge on any atom is 0.234 e. The fourth-order valence-electron chi connectivity index (χ4n) is 2.37. The van der Waals surface area contributed by atoms with E-state index in [1.807, 2.05) is 11.0 Å². The number of amides is 1. The first-order chi connectivity index (χ1) is 9.92. The van der Waals surface area contributed by atoms with Gasteiger partial charge in [0.2, 0.25) is 15.9 Å². The Morgan fingerprint density at radius 3 is 2.71 bits per heavy atom. The number of carbonyl (C=O) groups is 1. The van der Waals surface area contributed by atoms with Crippen molar-refractivity contribution in [3.63, 3.8) is 0 Å². The molecule has 2 rings (SSSR count). The van der Waals surface area contributed by atoms with Gasteiger partial charge in [0.25, 0.3) is 0 Å². The number of hydrogen-bond donors (Lipinski definition) is 2. The molecule has 8 heteroatoms. The van der Waals surface area contributed by atoms with Gasteiger partial charge in [0.15, 0.2) is 0 Å². The molecule has 2 N–H and O–H groups in total. The Hall–Kier alpha value is -1.38. The first kappa shape index (κ1) is 16.0. The van der Waals surface area contributed by atoms with Crippen LogP contribution in [-0.4, -0.2) is 51.2 Å². The molecule has 1 aliphatic rings. The lowest BCUT2D eigenvalue weighted by Gasteiger charge is -2.31. The van der Waals surface area contributed by atoms with Crippen molar-refractivity contribution in [1.29, 1.82) is 0 Å². The van der Waals surface area contributed by atoms with Crippen LogP contribution in [0.5, 0.6) is 0 Å². The molecule has 0 unspecified atom stereocenters. The SMILES string of the molecule is CS(=O)(=O)NC1CCN(CC(=O)NCc2ccco2)CC1. The normalized spacial score (nSPS) is 17.8. The molecule has 1 aromatic heterocycles. The molecule has 0 radical (unpaired) electrons. The Labute approximate surface area is 124 Å². The minimum atomic E-state index is -3.16. The highest BCUT2D eigenvalue weighted by molar-refractivity contribution is 7.88. The Kier molecular flexibility index (Phi) is 5.38. The number of carbonyl (C=O) groups excluding carboxylic acids is 1. The second-order valence-electron chi connectivity index (χ2n) is 5.30. The molecule has 118 valence electrons. The number of likely N-dealkylation sites (tertiary alicyclic amines) is 1. The number of hydrogen-bond acceptors (Lipinski definition) is 5. The third kappa shape index (κ3) is 5.86. The van der Waals surface area contributed by atoms with Crippen LogP contribution in [0.1, 0.15) is 18.6 Å². The molecule has 1 aromatic rings. The van der Waals surface area contributed by atoms with Crippen molar-refractivity contribution in [3.05, 3.63) is 24.2 Å². The topological polar surface area (TPSA) is 91.7 Å². The zero-order valence-corrected chi connectivity index (χ0v) is 12.9. The first-order valence-corrected chi connectivity index (χ1v) is 8.80. The monoisotopic (exact) mass is 315 g/mol. The quantitative estimate of drug-likeness (QED) is 0.765. The van der Waals surface area contributed by atoms with E-state index in [4.69, 9.17) is 4.42 Å². The lowest BCUT2D eigenvalue weighted by molar-refractivity contribution is -0.122. The highest BCUT2D eigenvalue weighted by Crippen LogP contribution is 2.10. The van der Waals surface area contributed by atoms with Crippen molar-refractivity contribution in [1.82, 2.24) is 14.9 Å². The Bertz CT molecular complexity index is 548. The van der Waals surface area contributed by atoms with Gasteiger partial charge in [0.1, 0.15) is 5.76 Å². The van der Waals surface area contributed by atoms with Crippen LogP contribution in [0.15, 0.2) is 22.8 Å². The molecule has 1 amide bonds. The van der Waals surface area contributed by atoms with Crippen molar-refractivity contribution in [2.24, 2.45) is 0 Å². The molecule has 1 fully saturated rings. The summed E-state index contributed by atoms with van der Waals surface area (Å²) < 4.78 is 30.1. The van der Waals surface area contributed by atoms with Gasteiger partial charge in [0, 0.05) is 19.1 Å². The highest BCUT2D eigenvalue weighted by atomic mass is 32.2. The van der Waals surface area contributed by atoms with Crippen LogP contribution in [0, 0.1) is 0 Å². The van der Waals surface area contributed by atoms with Crippen LogP contribution in [0.2, 0.25) is 0 Å². The summed E-state index contributed by atoms with van der Waals surface area (Å²) in [5.41, 5.74) is 0. The first-order valence-electron chi connectivity index (χ1n) is 6.91. The van der Waals surface area contributed by atoms with Crippen LogP contribution < -0.4 is 10.0 Å². The van der Waals surface area contributed by atoms with Crippen LogP contribution in [-0.2, 0) is 21.4 Å². The molecule has 0 aliphatic carbocycles. The standard InChI is InChI=1S/C13H21N3O4S/c1-21(18,19)15-11-4-6-16(7-5-11)10-13(17)14-9-12-3-2-8-20-12/h2-3,8,11,15H,4-7,9-10H2,1H3,(H,14,17). The Balaban J connectivity index is 1.67. The Morgan fingerprint density at radius 2 is 2.14 bits per heavy atom. The second-order valence-corrected chi connectivity index (χ2v) is 7.08. The van der Waals surface area contributed by atoms with Crippen molar-refractivity contribution in [3.8, 4) is 0 Å². The van der Waals surface area contributed by atoms with Gasteiger partial charge in [-0.05, 0) is 25.0 Å². The zero-order valence-electron chi connectivity index (χ0n) is 12.0. The van der Waals surface area contributed by atoms with E-state index in [1.165, 1.54) is 6.26 Å². The molecule has 0 spiro atoms. The second kappa shape index (κ2) is 7.06. The molecule has 21 heavy (non-hydrogen) atoms. The maximum atomic E-state index is 11.8. The molecular formula is C13H21N3O4S. The number of nitrogens with zero attached hydrogens (tertiary/aromatic N) is 1. The van der Waals surface area contributed by atoms with Gasteiger partial charge in [-0.25, -0.2) is 13.1 Å². The molecule has 1 saturated heterocycles. The van der Waals surface area contributed by atoms with E-state index in [1.54, 1.807) is 12.3 Å². The largest absolute Gasteiger partial charge is 0.467 e. The summed E-state index contributed by atoms with van der Waals surface area (Å²) in [6, 6.07) is 3.56. The summed E-state index contributed by atoms with van der Waals surface area (Å²) in [6.07, 6.45) is 4.18. The van der Waals surface area contributed by atoms with Crippen LogP contribution in [0.4, 0.5) is 0 Å². The van der Waals surface area contributed by atoms with Gasteiger partial charge >= 0.3 is 0 Å². The predicted molar refractivity (Wildman–Crippen MR) is 78.0 cm³/mol. The van der Waals surface area contributed by atoms with E-state index in [2.05, 4.69) is 10.0 Å². The average molecular weight is 315 g/mol. The maximum absolute atomic E-state index is 11.8. The predicted octanol–water partition coefficient (Wildman–Crippen LogP) is -0.0906. The number of piperidine rings is 1. The van der Waals surface area contributed by atoms with Crippen LogP contribution in [0.25, 0.3) is 0 Å². The van der Waals surface area contributed by atoms with Crippen LogP contribution in [0.3, 0.4) is 0 Å². The molecule has 0 atom stereocenters. The fourth-order valence-corrected chi connectivity index (χ4v) is 3.21. The zero-order chi connectivity index (χ0) is 15.3. The number of furan rings is 1. The van der Waals surface area contributed by atoms with Gasteiger partial charge in [-0.3, -0.25) is 9.69 Å². The summed E-state index contributed by atoms with van der Waals surface area (Å²) >= 11 is 0. The molecular weight excluding hydrogens is 294 g/mol. The number of sulfonamides is 1. The minimum absolute atomic E-state index is 0.0255. The fraction of sp³-hybridized carbons (Fsp3) is 0.615. The van der Waals surface area contributed by atoms with Gasteiger partial charge in [-0.1, -0.05) is 0 Å². The van der Waals surface area contributed by atoms with Crippen molar-refractivity contribution in [2.45, 2.75) is 25.4 Å². The third-order valence-corrected chi connectivity index (χ3v) is 4.14. The summed E-state index contributed by atoms with van der Waals surface area (Å²) in [5.74, 6) is 0.667. The molecule has 0 saturated carbocycles. The van der Waals surface area contributed by atoms with Crippen molar-refractivity contribution >= 4 is 15.9 Å². The van der Waals surface area contributed by atoms with E-state index in [0.717, 1.165) is 18.6 Å². The molecule has 0 bridgehead atoms. The minimum Gasteiger partial charge on any atom is -0.467 e. The molecule has 0 aromatic carbocycles. The third-order valence-electron chi connectivity index (χ3n) is 3.38. The van der Waals surface area contributed by atoms with E-state index in [-0.39, 0.29) is 11.9 Å². The van der Waals surface area contributed by atoms with Gasteiger partial charge in [-0.15, -0.1) is 0 Å². The van der Waals surface area contributed by atoms with Crippen molar-refractivity contribution < 1.29 is 17.6 Å². The Morgan fingerprint density at radius 1 is 1.43 bits per heavy atom. The van der Waals surface area contributed by atoms with Crippen LogP contribution >= 0.6 is 0 Å². The van der Waals surface area contributed by atoms with E-state index in [0.29, 0.717) is 26.2 Å². The summed E-state index contributed by atoms with van der Waals surface area (Å²) in [6.45, 7) is 2.13. The van der Waals surface area contributed by atoms with E-state index in [9.17, 15) is 13.2 Å². The van der Waals surface area contributed by atoms with E-state index < -0.39 is 10.0 Å². The average Bonchev–Trinajstić information content (AvgIpc) is 2.90. The lowest BCUT2D eigenvalue weighted by atomic mass is 10.1. The molecule has 1 aliphatic heterocycles. The summed E-state index contributed by atoms with van der Waals surface area (Å²) in [4.78, 5) is 13.8. The number of nitrogens with one attached hydrogen (secondary N) is 2. The van der Waals surface area contributed by atoms with Gasteiger partial charge in [0.05, 0.1) is 25.6 Å².